The van der Waals surface area contributed by atoms with Crippen LogP contribution in [-0.2, 0) is 0 Å². The van der Waals surface area contributed by atoms with Crippen molar-refractivity contribution in [2.45, 2.75) is 19.3 Å². The maximum Gasteiger partial charge on any atom is 0.343 e. The van der Waals surface area contributed by atoms with Crippen molar-refractivity contribution in [3.05, 3.63) is 111 Å². The molecule has 30 heavy (non-hydrogen) atoms. The van der Waals surface area contributed by atoms with Crippen LogP contribution in [0.5, 0.6) is 5.75 Å². The highest BCUT2D eigenvalue weighted by Gasteiger charge is 2.29. The van der Waals surface area contributed by atoms with Crippen LogP contribution in [0.3, 0.4) is 0 Å². The van der Waals surface area contributed by atoms with Crippen molar-refractivity contribution in [1.29, 1.82) is 0 Å². The molecule has 0 saturated carbocycles. The van der Waals surface area contributed by atoms with Crippen LogP contribution in [0.25, 0.3) is 11.0 Å². The molecule has 0 aliphatic carbocycles. The number of aromatic hydroxyl groups is 1. The predicted molar refractivity (Wildman–Crippen MR) is 112 cm³/mol. The Kier molecular flexibility index (Phi) is 5.06. The third-order valence-electron chi connectivity index (χ3n) is 5.12. The van der Waals surface area contributed by atoms with Gasteiger partial charge in [-0.05, 0) is 30.7 Å². The van der Waals surface area contributed by atoms with Crippen LogP contribution in [0.15, 0.2) is 82.1 Å². The molecule has 2 aromatic heterocycles. The zero-order valence-corrected chi connectivity index (χ0v) is 16.2. The minimum atomic E-state index is -0.778. The van der Waals surface area contributed by atoms with Gasteiger partial charge in [0.05, 0.1) is 10.9 Å². The van der Waals surface area contributed by atoms with Crippen molar-refractivity contribution in [2.24, 2.45) is 0 Å². The first-order valence-corrected chi connectivity index (χ1v) is 9.48. The van der Waals surface area contributed by atoms with Crippen molar-refractivity contribution >= 4 is 16.8 Å². The number of aromatic nitrogens is 1. The molecule has 4 rings (SSSR count). The number of hydrogen-bond acceptors (Lipinski definition) is 5. The maximum absolute atomic E-state index is 12.9. The lowest BCUT2D eigenvalue weighted by Gasteiger charge is -2.18. The summed E-state index contributed by atoms with van der Waals surface area (Å²) in [6.07, 6.45) is 1.07. The monoisotopic (exact) mass is 401 g/mol. The van der Waals surface area contributed by atoms with Crippen LogP contribution >= 0.6 is 0 Å². The van der Waals surface area contributed by atoms with Crippen molar-refractivity contribution in [1.82, 2.24) is 0 Å². The van der Waals surface area contributed by atoms with Gasteiger partial charge in [0.2, 0.25) is 5.78 Å². The lowest BCUT2D eigenvalue weighted by atomic mass is 9.86. The Bertz CT molecular complexity index is 1290. The molecule has 1 N–H and O–H groups in total. The van der Waals surface area contributed by atoms with E-state index in [2.05, 4.69) is 0 Å². The number of Topliss-reactive ketones (excluding diaryl/α,β-unsaturated/α-hetero) is 1. The fourth-order valence-electron chi connectivity index (χ4n) is 3.63. The van der Waals surface area contributed by atoms with Crippen LogP contribution in [0, 0.1) is 12.1 Å². The Balaban J connectivity index is 1.88. The number of carbonyl (C=O) groups is 1. The van der Waals surface area contributed by atoms with Gasteiger partial charge in [0.15, 0.2) is 6.20 Å². The minimum Gasteiger partial charge on any atom is -0.618 e. The second-order valence-corrected chi connectivity index (χ2v) is 7.15. The van der Waals surface area contributed by atoms with Gasteiger partial charge in [-0.25, -0.2) is 4.79 Å². The highest BCUT2D eigenvalue weighted by atomic mass is 16.5. The SMILES string of the molecule is Cc1ccc2oc(=O)c([C@H](CC(=O)c3cccc[n+]3[O-])c3ccccc3)c(O)c2c1. The zero-order valence-electron chi connectivity index (χ0n) is 16.2. The molecule has 4 aromatic rings. The number of benzene rings is 2. The fourth-order valence-corrected chi connectivity index (χ4v) is 3.63. The van der Waals surface area contributed by atoms with Gasteiger partial charge in [0.1, 0.15) is 11.3 Å². The van der Waals surface area contributed by atoms with Crippen LogP contribution in [0.4, 0.5) is 0 Å². The number of aryl methyl sites for hydroxylation is 1. The average Bonchev–Trinajstić information content (AvgIpc) is 2.74. The quantitative estimate of drug-likeness (QED) is 0.237. The molecule has 150 valence electrons. The summed E-state index contributed by atoms with van der Waals surface area (Å²) in [5.41, 5.74) is 1.08. The van der Waals surface area contributed by atoms with Crippen LogP contribution < -0.4 is 10.4 Å². The summed E-state index contributed by atoms with van der Waals surface area (Å²) in [6.45, 7) is 1.87. The molecule has 0 bridgehead atoms. The van der Waals surface area contributed by atoms with E-state index in [0.717, 1.165) is 5.56 Å². The van der Waals surface area contributed by atoms with E-state index in [9.17, 15) is 19.9 Å². The molecule has 0 amide bonds. The first-order chi connectivity index (χ1) is 14.5. The summed E-state index contributed by atoms with van der Waals surface area (Å²) in [5, 5.41) is 23.4. The molecule has 0 aliphatic heterocycles. The number of pyridine rings is 1. The van der Waals surface area contributed by atoms with E-state index in [1.807, 2.05) is 13.0 Å². The zero-order chi connectivity index (χ0) is 21.3. The van der Waals surface area contributed by atoms with Gasteiger partial charge in [-0.3, -0.25) is 4.79 Å². The summed E-state index contributed by atoms with van der Waals surface area (Å²) in [4.78, 5) is 25.8. The van der Waals surface area contributed by atoms with E-state index >= 15 is 0 Å². The van der Waals surface area contributed by atoms with E-state index in [1.54, 1.807) is 48.5 Å². The molecule has 0 saturated heterocycles. The Morgan fingerprint density at radius 2 is 1.83 bits per heavy atom. The van der Waals surface area contributed by atoms with E-state index in [1.165, 1.54) is 18.3 Å². The number of fused-ring (bicyclic) bond motifs is 1. The molecule has 0 fully saturated rings. The van der Waals surface area contributed by atoms with E-state index in [-0.39, 0.29) is 29.0 Å². The van der Waals surface area contributed by atoms with E-state index in [0.29, 0.717) is 15.7 Å². The highest BCUT2D eigenvalue weighted by Crippen LogP contribution is 2.36. The number of hydrogen-bond donors (Lipinski definition) is 1. The first kappa shape index (κ1) is 19.4. The summed E-state index contributed by atoms with van der Waals surface area (Å²) in [7, 11) is 0. The molecule has 6 heteroatoms. The average molecular weight is 401 g/mol. The van der Waals surface area contributed by atoms with Crippen molar-refractivity contribution in [3.8, 4) is 5.75 Å². The molecular formula is C24H19NO5. The second kappa shape index (κ2) is 7.83. The molecule has 0 spiro atoms. The molecule has 0 aliphatic rings. The lowest BCUT2D eigenvalue weighted by Crippen LogP contribution is -2.34. The fraction of sp³-hybridized carbons (Fsp3) is 0.125. The van der Waals surface area contributed by atoms with Crippen LogP contribution in [-0.4, -0.2) is 10.9 Å². The highest BCUT2D eigenvalue weighted by molar-refractivity contribution is 5.94. The summed E-state index contributed by atoms with van der Waals surface area (Å²) >= 11 is 0. The third-order valence-corrected chi connectivity index (χ3v) is 5.12. The lowest BCUT2D eigenvalue weighted by molar-refractivity contribution is -0.607. The van der Waals surface area contributed by atoms with Crippen molar-refractivity contribution in [2.75, 3.05) is 0 Å². The van der Waals surface area contributed by atoms with Gasteiger partial charge >= 0.3 is 5.63 Å². The largest absolute Gasteiger partial charge is 0.618 e. The molecular weight excluding hydrogens is 382 g/mol. The van der Waals surface area contributed by atoms with Gasteiger partial charge in [-0.1, -0.05) is 42.0 Å². The van der Waals surface area contributed by atoms with Gasteiger partial charge in [-0.15, -0.1) is 0 Å². The van der Waals surface area contributed by atoms with Crippen molar-refractivity contribution in [3.63, 3.8) is 0 Å². The summed E-state index contributed by atoms with van der Waals surface area (Å²) < 4.78 is 5.94. The van der Waals surface area contributed by atoms with Crippen molar-refractivity contribution < 1.29 is 19.0 Å². The summed E-state index contributed by atoms with van der Waals surface area (Å²) in [6, 6.07) is 18.6. The smallest absolute Gasteiger partial charge is 0.343 e. The van der Waals surface area contributed by atoms with Crippen LogP contribution in [0.1, 0.15) is 39.5 Å². The number of rotatable bonds is 5. The van der Waals surface area contributed by atoms with Gasteiger partial charge < -0.3 is 14.7 Å². The van der Waals surface area contributed by atoms with Gasteiger partial charge in [0, 0.05) is 24.5 Å². The Morgan fingerprint density at radius 1 is 1.10 bits per heavy atom. The molecule has 6 nitrogen and oxygen atoms in total. The number of nitrogens with zero attached hydrogens (tertiary/aromatic N) is 1. The van der Waals surface area contributed by atoms with Gasteiger partial charge in [-0.2, -0.15) is 4.73 Å². The molecule has 2 aromatic carbocycles. The number of ketones is 1. The Labute approximate surface area is 172 Å². The molecule has 0 unspecified atom stereocenters. The Hall–Kier alpha value is -3.93. The third kappa shape index (κ3) is 3.55. The second-order valence-electron chi connectivity index (χ2n) is 7.15. The summed E-state index contributed by atoms with van der Waals surface area (Å²) in [5.74, 6) is -1.43. The maximum atomic E-state index is 12.9. The Morgan fingerprint density at radius 3 is 2.57 bits per heavy atom. The number of carbonyl (C=O) groups excluding carboxylic acids is 1. The standard InChI is InChI=1S/C24H19NO5/c1-15-10-11-21-18(13-15)23(27)22(24(28)30-21)17(16-7-3-2-4-8-16)14-20(26)19-9-5-6-12-25(19)29/h2-13,17,27H,14H2,1H3/t17-/m1/s1. The topological polar surface area (TPSA) is 94.5 Å². The molecule has 0 radical (unpaired) electrons. The minimum absolute atomic E-state index is 0.000954. The van der Waals surface area contributed by atoms with E-state index in [4.69, 9.17) is 4.42 Å². The van der Waals surface area contributed by atoms with E-state index < -0.39 is 17.3 Å². The normalized spacial score (nSPS) is 12.0. The van der Waals surface area contributed by atoms with Crippen LogP contribution in [0.2, 0.25) is 0 Å². The predicted octanol–water partition coefficient (Wildman–Crippen LogP) is 3.85. The molecule has 1 atom stereocenters. The molecule has 2 heterocycles. The van der Waals surface area contributed by atoms with Gasteiger partial charge in [0.25, 0.3) is 5.69 Å². The first-order valence-electron chi connectivity index (χ1n) is 9.48.